The number of hydrogen-bond acceptors (Lipinski definition) is 4. The number of esters is 1. The Labute approximate surface area is 142 Å². The molecule has 0 aliphatic carbocycles. The fourth-order valence-corrected chi connectivity index (χ4v) is 3.06. The van der Waals surface area contributed by atoms with Crippen LogP contribution in [0.1, 0.15) is 23.1 Å². The molecule has 7 nitrogen and oxygen atoms in total. The van der Waals surface area contributed by atoms with Crippen molar-refractivity contribution in [3.8, 4) is 5.69 Å². The SMILES string of the molecule is CCc1nc2cc(C(=O)OC)ccc2n1-c1ccc2[nH]c(=O)[nH]c2c1. The van der Waals surface area contributed by atoms with Crippen LogP contribution < -0.4 is 5.69 Å². The number of carbonyl (C=O) groups excluding carboxylic acids is 1. The number of aryl methyl sites for hydroxylation is 1. The second-order valence-electron chi connectivity index (χ2n) is 5.72. The van der Waals surface area contributed by atoms with Gasteiger partial charge in [0.2, 0.25) is 0 Å². The van der Waals surface area contributed by atoms with E-state index in [0.29, 0.717) is 5.56 Å². The number of ether oxygens (including phenoxy) is 1. The van der Waals surface area contributed by atoms with Gasteiger partial charge >= 0.3 is 11.7 Å². The second-order valence-corrected chi connectivity index (χ2v) is 5.72. The summed E-state index contributed by atoms with van der Waals surface area (Å²) in [6.45, 7) is 2.02. The molecule has 126 valence electrons. The van der Waals surface area contributed by atoms with Gasteiger partial charge < -0.3 is 14.7 Å². The van der Waals surface area contributed by atoms with Crippen molar-refractivity contribution in [2.75, 3.05) is 7.11 Å². The Balaban J connectivity index is 1.95. The molecule has 0 aliphatic heterocycles. The Bertz CT molecular complexity index is 1170. The van der Waals surface area contributed by atoms with E-state index < -0.39 is 0 Å². The summed E-state index contributed by atoms with van der Waals surface area (Å²) in [7, 11) is 1.36. The molecular formula is C18H16N4O3. The summed E-state index contributed by atoms with van der Waals surface area (Å²) in [6.07, 6.45) is 0.726. The molecule has 0 aliphatic rings. The molecule has 2 N–H and O–H groups in total. The number of benzene rings is 2. The van der Waals surface area contributed by atoms with Crippen LogP contribution in [-0.2, 0) is 11.2 Å². The smallest absolute Gasteiger partial charge is 0.337 e. The number of imidazole rings is 2. The second kappa shape index (κ2) is 5.62. The van der Waals surface area contributed by atoms with Crippen LogP contribution in [-0.4, -0.2) is 32.6 Å². The summed E-state index contributed by atoms with van der Waals surface area (Å²) in [5.74, 6) is 0.482. The highest BCUT2D eigenvalue weighted by Crippen LogP contribution is 2.25. The number of H-pyrrole nitrogens is 2. The van der Waals surface area contributed by atoms with E-state index in [9.17, 15) is 9.59 Å². The van der Waals surface area contributed by atoms with E-state index >= 15 is 0 Å². The van der Waals surface area contributed by atoms with Crippen molar-refractivity contribution in [2.45, 2.75) is 13.3 Å². The van der Waals surface area contributed by atoms with Gasteiger partial charge in [0, 0.05) is 12.1 Å². The fourth-order valence-electron chi connectivity index (χ4n) is 3.06. The van der Waals surface area contributed by atoms with E-state index in [-0.39, 0.29) is 11.7 Å². The van der Waals surface area contributed by atoms with Crippen molar-refractivity contribution < 1.29 is 9.53 Å². The third-order valence-electron chi connectivity index (χ3n) is 4.22. The Morgan fingerprint density at radius 3 is 2.72 bits per heavy atom. The lowest BCUT2D eigenvalue weighted by molar-refractivity contribution is 0.0601. The van der Waals surface area contributed by atoms with E-state index in [1.165, 1.54) is 7.11 Å². The predicted molar refractivity (Wildman–Crippen MR) is 94.3 cm³/mol. The maximum Gasteiger partial charge on any atom is 0.337 e. The zero-order valence-electron chi connectivity index (χ0n) is 13.8. The molecule has 0 spiro atoms. The molecule has 0 bridgehead atoms. The summed E-state index contributed by atoms with van der Waals surface area (Å²) in [6, 6.07) is 11.0. The van der Waals surface area contributed by atoms with Crippen molar-refractivity contribution in [3.05, 3.63) is 58.3 Å². The van der Waals surface area contributed by atoms with Crippen LogP contribution in [0.3, 0.4) is 0 Å². The number of hydrogen-bond donors (Lipinski definition) is 2. The van der Waals surface area contributed by atoms with E-state index in [1.54, 1.807) is 12.1 Å². The quantitative estimate of drug-likeness (QED) is 0.562. The van der Waals surface area contributed by atoms with Crippen LogP contribution in [0.4, 0.5) is 0 Å². The van der Waals surface area contributed by atoms with E-state index in [0.717, 1.165) is 40.0 Å². The Hall–Kier alpha value is -3.35. The van der Waals surface area contributed by atoms with Crippen LogP contribution in [0.2, 0.25) is 0 Å². The summed E-state index contributed by atoms with van der Waals surface area (Å²) in [4.78, 5) is 33.4. The summed E-state index contributed by atoms with van der Waals surface area (Å²) >= 11 is 0. The minimum Gasteiger partial charge on any atom is -0.465 e. The van der Waals surface area contributed by atoms with Gasteiger partial charge in [-0.15, -0.1) is 0 Å². The predicted octanol–water partition coefficient (Wildman–Crippen LogP) is 2.54. The van der Waals surface area contributed by atoms with E-state index in [4.69, 9.17) is 4.74 Å². The maximum absolute atomic E-state index is 11.7. The highest BCUT2D eigenvalue weighted by atomic mass is 16.5. The number of methoxy groups -OCH3 is 1. The first kappa shape index (κ1) is 15.2. The molecule has 2 aromatic carbocycles. The molecule has 2 aromatic heterocycles. The van der Waals surface area contributed by atoms with Gasteiger partial charge in [0.15, 0.2) is 0 Å². The van der Waals surface area contributed by atoms with Gasteiger partial charge in [0.1, 0.15) is 5.82 Å². The van der Waals surface area contributed by atoms with Gasteiger partial charge in [0.25, 0.3) is 0 Å². The van der Waals surface area contributed by atoms with Gasteiger partial charge in [-0.3, -0.25) is 4.57 Å². The molecule has 0 unspecified atom stereocenters. The van der Waals surface area contributed by atoms with E-state index in [1.807, 2.05) is 35.8 Å². The normalized spacial score (nSPS) is 11.3. The molecule has 0 saturated carbocycles. The zero-order valence-corrected chi connectivity index (χ0v) is 13.8. The molecule has 2 heterocycles. The zero-order chi connectivity index (χ0) is 17.6. The maximum atomic E-state index is 11.7. The number of aromatic amines is 2. The van der Waals surface area contributed by atoms with Gasteiger partial charge in [-0.2, -0.15) is 0 Å². The molecule has 0 saturated heterocycles. The highest BCUT2D eigenvalue weighted by molar-refractivity contribution is 5.94. The number of carbonyl (C=O) groups is 1. The summed E-state index contributed by atoms with van der Waals surface area (Å²) in [5, 5.41) is 0. The Morgan fingerprint density at radius 2 is 1.96 bits per heavy atom. The number of fused-ring (bicyclic) bond motifs is 2. The van der Waals surface area contributed by atoms with Gasteiger partial charge in [0.05, 0.1) is 34.7 Å². The monoisotopic (exact) mass is 336 g/mol. The Morgan fingerprint density at radius 1 is 1.16 bits per heavy atom. The number of nitrogens with zero attached hydrogens (tertiary/aromatic N) is 2. The molecule has 7 heteroatoms. The average Bonchev–Trinajstić information content (AvgIpc) is 3.18. The molecular weight excluding hydrogens is 320 g/mol. The first-order valence-corrected chi connectivity index (χ1v) is 7.93. The topological polar surface area (TPSA) is 92.8 Å². The third kappa shape index (κ3) is 2.40. The Kier molecular flexibility index (Phi) is 3.42. The minimum absolute atomic E-state index is 0.235. The van der Waals surface area contributed by atoms with Crippen LogP contribution in [0.25, 0.3) is 27.8 Å². The fraction of sp³-hybridized carbons (Fsp3) is 0.167. The average molecular weight is 336 g/mol. The molecule has 0 amide bonds. The van der Waals surface area contributed by atoms with Crippen LogP contribution in [0.15, 0.2) is 41.2 Å². The van der Waals surface area contributed by atoms with Crippen LogP contribution in [0, 0.1) is 0 Å². The summed E-state index contributed by atoms with van der Waals surface area (Å²) < 4.78 is 6.80. The molecule has 0 fully saturated rings. The van der Waals surface area contributed by atoms with Crippen molar-refractivity contribution in [1.82, 2.24) is 19.5 Å². The molecule has 25 heavy (non-hydrogen) atoms. The van der Waals surface area contributed by atoms with Crippen molar-refractivity contribution in [1.29, 1.82) is 0 Å². The summed E-state index contributed by atoms with van der Waals surface area (Å²) in [5.41, 5.74) is 4.23. The minimum atomic E-state index is -0.388. The lowest BCUT2D eigenvalue weighted by atomic mass is 10.2. The number of nitrogens with one attached hydrogen (secondary N) is 2. The molecule has 0 atom stereocenters. The highest BCUT2D eigenvalue weighted by Gasteiger charge is 2.14. The van der Waals surface area contributed by atoms with Crippen molar-refractivity contribution in [3.63, 3.8) is 0 Å². The first-order valence-electron chi connectivity index (χ1n) is 7.93. The van der Waals surface area contributed by atoms with Crippen LogP contribution in [0.5, 0.6) is 0 Å². The lowest BCUT2D eigenvalue weighted by Crippen LogP contribution is -2.01. The number of aromatic nitrogens is 4. The van der Waals surface area contributed by atoms with Crippen LogP contribution >= 0.6 is 0 Å². The van der Waals surface area contributed by atoms with Gasteiger partial charge in [-0.1, -0.05) is 6.92 Å². The lowest BCUT2D eigenvalue weighted by Gasteiger charge is -2.08. The van der Waals surface area contributed by atoms with E-state index in [2.05, 4.69) is 15.0 Å². The molecule has 4 rings (SSSR count). The van der Waals surface area contributed by atoms with Crippen molar-refractivity contribution in [2.24, 2.45) is 0 Å². The first-order chi connectivity index (χ1) is 12.1. The molecule has 4 aromatic rings. The molecule has 0 radical (unpaired) electrons. The number of rotatable bonds is 3. The van der Waals surface area contributed by atoms with Crippen molar-refractivity contribution >= 4 is 28.0 Å². The van der Waals surface area contributed by atoms with Gasteiger partial charge in [-0.05, 0) is 36.4 Å². The largest absolute Gasteiger partial charge is 0.465 e. The standard InChI is InChI=1S/C18H16N4O3/c1-3-16-19-14-8-10(17(23)25-2)4-7-15(14)22(16)11-5-6-12-13(9-11)21-18(24)20-12/h4-9H,3H2,1-2H3,(H2,20,21,24). The third-order valence-corrected chi connectivity index (χ3v) is 4.22. The van der Waals surface area contributed by atoms with Gasteiger partial charge in [-0.25, -0.2) is 14.6 Å².